The summed E-state index contributed by atoms with van der Waals surface area (Å²) in [7, 11) is 3.08. The fourth-order valence-electron chi connectivity index (χ4n) is 3.24. The van der Waals surface area contributed by atoms with Gasteiger partial charge in [0.05, 0.1) is 6.54 Å². The first-order valence-corrected chi connectivity index (χ1v) is 10.9. The first kappa shape index (κ1) is 20.8. The van der Waals surface area contributed by atoms with E-state index in [1.54, 1.807) is 13.1 Å². The highest BCUT2D eigenvalue weighted by atomic mass is 35.5. The van der Waals surface area contributed by atoms with E-state index < -0.39 is 11.2 Å². The average Bonchev–Trinajstić information content (AvgIpc) is 3.10. The minimum atomic E-state index is -0.419. The molecule has 9 heteroatoms. The summed E-state index contributed by atoms with van der Waals surface area (Å²) < 4.78 is 4.30. The zero-order chi connectivity index (χ0) is 21.4. The SMILES string of the molecule is Cn1c(=O)c2c(nc(SCc3ccccc3Cl)n2Cc2ccccc2Cl)n(C)c1=O. The van der Waals surface area contributed by atoms with Gasteiger partial charge in [0.15, 0.2) is 16.3 Å². The smallest absolute Gasteiger partial charge is 0.309 e. The molecule has 2 aromatic carbocycles. The van der Waals surface area contributed by atoms with E-state index in [1.165, 1.54) is 23.4 Å². The van der Waals surface area contributed by atoms with Crippen LogP contribution in [0.2, 0.25) is 10.0 Å². The second-order valence-corrected chi connectivity index (χ2v) is 8.59. The van der Waals surface area contributed by atoms with E-state index in [1.807, 2.05) is 47.0 Å². The number of rotatable bonds is 5. The van der Waals surface area contributed by atoms with Crippen LogP contribution in [0.3, 0.4) is 0 Å². The van der Waals surface area contributed by atoms with E-state index in [0.29, 0.717) is 38.7 Å². The van der Waals surface area contributed by atoms with Gasteiger partial charge in [-0.05, 0) is 23.3 Å². The Kier molecular flexibility index (Phi) is 5.77. The molecule has 0 atom stereocenters. The van der Waals surface area contributed by atoms with E-state index in [2.05, 4.69) is 4.98 Å². The average molecular weight is 461 g/mol. The van der Waals surface area contributed by atoms with E-state index in [0.717, 1.165) is 15.7 Å². The van der Waals surface area contributed by atoms with Gasteiger partial charge in [0.1, 0.15) is 0 Å². The number of halogens is 2. The van der Waals surface area contributed by atoms with Crippen LogP contribution in [0.5, 0.6) is 0 Å². The van der Waals surface area contributed by atoms with Crippen LogP contribution in [0, 0.1) is 0 Å². The second-order valence-electron chi connectivity index (χ2n) is 6.83. The number of aryl methyl sites for hydroxylation is 1. The molecular weight excluding hydrogens is 443 g/mol. The zero-order valence-electron chi connectivity index (χ0n) is 16.3. The lowest BCUT2D eigenvalue weighted by Gasteiger charge is -2.11. The molecular formula is C21H18Cl2N4O2S. The highest BCUT2D eigenvalue weighted by Crippen LogP contribution is 2.29. The lowest BCUT2D eigenvalue weighted by atomic mass is 10.2. The van der Waals surface area contributed by atoms with Gasteiger partial charge in [0, 0.05) is 29.9 Å². The predicted octanol–water partition coefficient (Wildman–Crippen LogP) is 4.08. The minimum absolute atomic E-state index is 0.344. The Hall–Kier alpha value is -2.48. The third kappa shape index (κ3) is 3.69. The number of hydrogen-bond acceptors (Lipinski definition) is 4. The molecule has 0 aliphatic heterocycles. The summed E-state index contributed by atoms with van der Waals surface area (Å²) in [5.41, 5.74) is 1.71. The highest BCUT2D eigenvalue weighted by molar-refractivity contribution is 7.98. The zero-order valence-corrected chi connectivity index (χ0v) is 18.6. The number of thioether (sulfide) groups is 1. The third-order valence-corrected chi connectivity index (χ3v) is 6.68. The van der Waals surface area contributed by atoms with Crippen molar-refractivity contribution in [2.45, 2.75) is 17.5 Å². The maximum absolute atomic E-state index is 13.0. The quantitative estimate of drug-likeness (QED) is 0.421. The number of hydrogen-bond donors (Lipinski definition) is 0. The molecule has 0 bridgehead atoms. The maximum atomic E-state index is 13.0. The van der Waals surface area contributed by atoms with Crippen LogP contribution in [0.1, 0.15) is 11.1 Å². The van der Waals surface area contributed by atoms with Gasteiger partial charge in [-0.2, -0.15) is 0 Å². The van der Waals surface area contributed by atoms with Crippen molar-refractivity contribution in [2.24, 2.45) is 14.1 Å². The lowest BCUT2D eigenvalue weighted by Crippen LogP contribution is -2.37. The molecule has 0 saturated heterocycles. The van der Waals surface area contributed by atoms with Gasteiger partial charge < -0.3 is 4.57 Å². The van der Waals surface area contributed by atoms with Gasteiger partial charge in [0.25, 0.3) is 5.56 Å². The van der Waals surface area contributed by atoms with Crippen molar-refractivity contribution < 1.29 is 0 Å². The molecule has 2 aromatic heterocycles. The van der Waals surface area contributed by atoms with Crippen LogP contribution in [-0.4, -0.2) is 18.7 Å². The molecule has 0 unspecified atom stereocenters. The first-order valence-electron chi connectivity index (χ1n) is 9.14. The van der Waals surface area contributed by atoms with Gasteiger partial charge in [0.2, 0.25) is 0 Å². The molecule has 0 N–H and O–H groups in total. The normalized spacial score (nSPS) is 11.3. The number of fused-ring (bicyclic) bond motifs is 1. The van der Waals surface area contributed by atoms with Crippen molar-refractivity contribution >= 4 is 46.1 Å². The Balaban J connectivity index is 1.88. The Morgan fingerprint density at radius 3 is 2.13 bits per heavy atom. The minimum Gasteiger partial charge on any atom is -0.309 e. The Morgan fingerprint density at radius 2 is 1.50 bits per heavy atom. The van der Waals surface area contributed by atoms with Crippen LogP contribution in [0.15, 0.2) is 63.3 Å². The van der Waals surface area contributed by atoms with Crippen molar-refractivity contribution in [3.05, 3.63) is 90.5 Å². The molecule has 0 radical (unpaired) electrons. The van der Waals surface area contributed by atoms with Crippen LogP contribution >= 0.6 is 35.0 Å². The van der Waals surface area contributed by atoms with Crippen LogP contribution in [0.25, 0.3) is 11.2 Å². The lowest BCUT2D eigenvalue weighted by molar-refractivity contribution is 0.696. The number of imidazole rings is 1. The molecule has 0 saturated carbocycles. The molecule has 4 aromatic rings. The monoisotopic (exact) mass is 460 g/mol. The van der Waals surface area contributed by atoms with Crippen molar-refractivity contribution in [3.63, 3.8) is 0 Å². The van der Waals surface area contributed by atoms with Gasteiger partial charge in [-0.15, -0.1) is 0 Å². The van der Waals surface area contributed by atoms with E-state index >= 15 is 0 Å². The van der Waals surface area contributed by atoms with Crippen LogP contribution < -0.4 is 11.2 Å². The maximum Gasteiger partial charge on any atom is 0.332 e. The Labute approximate surface area is 186 Å². The second kappa shape index (κ2) is 8.34. The molecule has 0 aliphatic carbocycles. The summed E-state index contributed by atoms with van der Waals surface area (Å²) in [6, 6.07) is 15.0. The van der Waals surface area contributed by atoms with Crippen molar-refractivity contribution in [2.75, 3.05) is 0 Å². The van der Waals surface area contributed by atoms with Gasteiger partial charge >= 0.3 is 5.69 Å². The fraction of sp³-hybridized carbons (Fsp3) is 0.190. The molecule has 0 amide bonds. The van der Waals surface area contributed by atoms with Crippen LogP contribution in [0.4, 0.5) is 0 Å². The van der Waals surface area contributed by atoms with Gasteiger partial charge in [-0.1, -0.05) is 71.4 Å². The number of benzene rings is 2. The summed E-state index contributed by atoms with van der Waals surface area (Å²) in [5.74, 6) is 0.569. The molecule has 30 heavy (non-hydrogen) atoms. The molecule has 0 spiro atoms. The summed E-state index contributed by atoms with van der Waals surface area (Å²) in [5, 5.41) is 1.88. The molecule has 2 heterocycles. The summed E-state index contributed by atoms with van der Waals surface area (Å²) in [4.78, 5) is 30.0. The Morgan fingerprint density at radius 1 is 0.900 bits per heavy atom. The number of nitrogens with zero attached hydrogens (tertiary/aromatic N) is 4. The summed E-state index contributed by atoms with van der Waals surface area (Å²) >= 11 is 14.1. The first-order chi connectivity index (χ1) is 14.4. The third-order valence-electron chi connectivity index (χ3n) is 4.91. The molecule has 4 rings (SSSR count). The van der Waals surface area contributed by atoms with E-state index in [-0.39, 0.29) is 0 Å². The topological polar surface area (TPSA) is 61.8 Å². The number of aromatic nitrogens is 4. The standard InChI is InChI=1S/C21H18Cl2N4O2S/c1-25-18-17(19(28)26(2)21(25)29)27(11-13-7-3-5-9-15(13)22)20(24-18)30-12-14-8-4-6-10-16(14)23/h3-10H,11-12H2,1-2H3. The van der Waals surface area contributed by atoms with Crippen molar-refractivity contribution in [1.82, 2.24) is 18.7 Å². The van der Waals surface area contributed by atoms with Gasteiger partial charge in [-0.3, -0.25) is 13.9 Å². The van der Waals surface area contributed by atoms with E-state index in [9.17, 15) is 9.59 Å². The van der Waals surface area contributed by atoms with Crippen LogP contribution in [-0.2, 0) is 26.4 Å². The largest absolute Gasteiger partial charge is 0.332 e. The molecule has 154 valence electrons. The van der Waals surface area contributed by atoms with Crippen molar-refractivity contribution in [3.8, 4) is 0 Å². The van der Waals surface area contributed by atoms with Crippen molar-refractivity contribution in [1.29, 1.82) is 0 Å². The molecule has 6 nitrogen and oxygen atoms in total. The Bertz CT molecular complexity index is 1370. The highest BCUT2D eigenvalue weighted by Gasteiger charge is 2.20. The molecule has 0 fully saturated rings. The van der Waals surface area contributed by atoms with E-state index in [4.69, 9.17) is 23.2 Å². The predicted molar refractivity (Wildman–Crippen MR) is 122 cm³/mol. The summed E-state index contributed by atoms with van der Waals surface area (Å²) in [6.07, 6.45) is 0. The molecule has 0 aliphatic rings. The fourth-order valence-corrected chi connectivity index (χ4v) is 4.71. The summed E-state index contributed by atoms with van der Waals surface area (Å²) in [6.45, 7) is 0.356. The van der Waals surface area contributed by atoms with Gasteiger partial charge in [-0.25, -0.2) is 9.78 Å².